The van der Waals surface area contributed by atoms with Gasteiger partial charge in [0.15, 0.2) is 0 Å². The van der Waals surface area contributed by atoms with Crippen LogP contribution in [0.15, 0.2) is 29.4 Å². The monoisotopic (exact) mass is 298 g/mol. The summed E-state index contributed by atoms with van der Waals surface area (Å²) in [4.78, 5) is 0. The second-order valence-corrected chi connectivity index (χ2v) is 5.53. The van der Waals surface area contributed by atoms with Gasteiger partial charge < -0.3 is 0 Å². The van der Waals surface area contributed by atoms with Crippen LogP contribution < -0.4 is 0 Å². The highest BCUT2D eigenvalue weighted by Crippen LogP contribution is 2.22. The van der Waals surface area contributed by atoms with Gasteiger partial charge in [0, 0.05) is 12.2 Å². The van der Waals surface area contributed by atoms with E-state index >= 15 is 0 Å². The molecule has 0 aliphatic rings. The van der Waals surface area contributed by atoms with E-state index in [1.54, 1.807) is 4.68 Å². The third-order valence-corrected chi connectivity index (χ3v) is 4.00. The molecule has 0 saturated heterocycles. The summed E-state index contributed by atoms with van der Waals surface area (Å²) in [6.07, 6.45) is 0.966. The highest BCUT2D eigenvalue weighted by molar-refractivity contribution is 7.99. The largest absolute Gasteiger partial charge is 0.214 e. The lowest BCUT2D eigenvalue weighted by Gasteiger charge is -2.07. The third kappa shape index (κ3) is 4.04. The molecule has 106 valence electrons. The van der Waals surface area contributed by atoms with Crippen molar-refractivity contribution in [3.63, 3.8) is 0 Å². The lowest BCUT2D eigenvalue weighted by molar-refractivity contribution is 0.682. The summed E-state index contributed by atoms with van der Waals surface area (Å²) < 4.78 is 1.66. The first-order valence-corrected chi connectivity index (χ1v) is 7.48. The van der Waals surface area contributed by atoms with Crippen LogP contribution >= 0.6 is 11.8 Å². The SMILES string of the molecule is Cc1ccc(-n2nnnc2SC[C@H](C#N)CCC#N)cc1. The van der Waals surface area contributed by atoms with E-state index < -0.39 is 0 Å². The first-order chi connectivity index (χ1) is 10.2. The number of benzene rings is 1. The van der Waals surface area contributed by atoms with Crippen molar-refractivity contribution < 1.29 is 0 Å². The number of thioether (sulfide) groups is 1. The molecule has 0 unspecified atom stereocenters. The molecule has 0 aliphatic heterocycles. The number of hydrogen-bond acceptors (Lipinski definition) is 6. The van der Waals surface area contributed by atoms with Gasteiger partial charge in [0.05, 0.1) is 23.7 Å². The second kappa shape index (κ2) is 7.41. The fraction of sp³-hybridized carbons (Fsp3) is 0.357. The first-order valence-electron chi connectivity index (χ1n) is 6.49. The number of rotatable bonds is 6. The van der Waals surface area contributed by atoms with Crippen LogP contribution in [0.25, 0.3) is 5.69 Å². The van der Waals surface area contributed by atoms with Gasteiger partial charge in [-0.2, -0.15) is 15.2 Å². The van der Waals surface area contributed by atoms with E-state index in [4.69, 9.17) is 10.5 Å². The predicted octanol–water partition coefficient (Wildman–Crippen LogP) is 2.51. The Morgan fingerprint density at radius 3 is 2.71 bits per heavy atom. The molecule has 0 radical (unpaired) electrons. The Balaban J connectivity index is 2.06. The minimum atomic E-state index is -0.169. The number of aromatic nitrogens is 4. The Bertz CT molecular complexity index is 664. The van der Waals surface area contributed by atoms with E-state index in [0.717, 1.165) is 5.69 Å². The van der Waals surface area contributed by atoms with Crippen molar-refractivity contribution in [3.05, 3.63) is 29.8 Å². The Kier molecular flexibility index (Phi) is 5.30. The smallest absolute Gasteiger partial charge is 0.198 e. The molecule has 1 aromatic carbocycles. The molecule has 0 saturated carbocycles. The van der Waals surface area contributed by atoms with Crippen molar-refractivity contribution in [2.45, 2.75) is 24.9 Å². The molecule has 0 aliphatic carbocycles. The van der Waals surface area contributed by atoms with Crippen LogP contribution in [0, 0.1) is 35.5 Å². The molecule has 0 amide bonds. The van der Waals surface area contributed by atoms with E-state index in [-0.39, 0.29) is 5.92 Å². The number of nitrogens with zero attached hydrogens (tertiary/aromatic N) is 6. The summed E-state index contributed by atoms with van der Waals surface area (Å²) in [6.45, 7) is 2.02. The van der Waals surface area contributed by atoms with Crippen LogP contribution in [-0.2, 0) is 0 Å². The Morgan fingerprint density at radius 2 is 2.05 bits per heavy atom. The second-order valence-electron chi connectivity index (χ2n) is 4.54. The molecule has 6 nitrogen and oxygen atoms in total. The zero-order valence-electron chi connectivity index (χ0n) is 11.6. The van der Waals surface area contributed by atoms with Gasteiger partial charge in [-0.15, -0.1) is 5.10 Å². The highest BCUT2D eigenvalue weighted by atomic mass is 32.2. The summed E-state index contributed by atoms with van der Waals surface area (Å²) in [7, 11) is 0. The van der Waals surface area contributed by atoms with Crippen LogP contribution in [0.3, 0.4) is 0 Å². The summed E-state index contributed by atoms with van der Waals surface area (Å²) in [6, 6.07) is 12.2. The molecular formula is C14H14N6S. The van der Waals surface area contributed by atoms with Crippen LogP contribution in [0.5, 0.6) is 0 Å². The minimum absolute atomic E-state index is 0.169. The first kappa shape index (κ1) is 15.0. The Hall–Kier alpha value is -2.38. The summed E-state index contributed by atoms with van der Waals surface area (Å²) >= 11 is 1.43. The molecule has 0 fully saturated rings. The van der Waals surface area contributed by atoms with E-state index in [2.05, 4.69) is 27.7 Å². The van der Waals surface area contributed by atoms with E-state index in [9.17, 15) is 0 Å². The third-order valence-electron chi connectivity index (χ3n) is 2.92. The minimum Gasteiger partial charge on any atom is -0.198 e. The lowest BCUT2D eigenvalue weighted by Crippen LogP contribution is -2.03. The fourth-order valence-corrected chi connectivity index (χ4v) is 2.67. The molecule has 1 atom stereocenters. The van der Waals surface area contributed by atoms with E-state index in [1.165, 1.54) is 17.3 Å². The topological polar surface area (TPSA) is 91.2 Å². The summed E-state index contributed by atoms with van der Waals surface area (Å²) in [5, 5.41) is 30.0. The van der Waals surface area contributed by atoms with Crippen LogP contribution in [-0.4, -0.2) is 26.0 Å². The molecule has 1 aromatic heterocycles. The molecule has 0 N–H and O–H groups in total. The van der Waals surface area contributed by atoms with Crippen LogP contribution in [0.2, 0.25) is 0 Å². The molecule has 1 heterocycles. The van der Waals surface area contributed by atoms with Crippen LogP contribution in [0.4, 0.5) is 0 Å². The lowest BCUT2D eigenvalue weighted by atomic mass is 10.1. The van der Waals surface area contributed by atoms with Crippen molar-refractivity contribution >= 4 is 11.8 Å². The molecule has 2 aromatic rings. The van der Waals surface area contributed by atoms with Crippen molar-refractivity contribution in [1.29, 1.82) is 10.5 Å². The molecule has 0 spiro atoms. The maximum atomic E-state index is 9.07. The van der Waals surface area contributed by atoms with Gasteiger partial charge in [-0.1, -0.05) is 29.5 Å². The normalized spacial score (nSPS) is 11.6. The van der Waals surface area contributed by atoms with Gasteiger partial charge in [0.25, 0.3) is 0 Å². The molecule has 21 heavy (non-hydrogen) atoms. The fourth-order valence-electron chi connectivity index (χ4n) is 1.72. The molecule has 2 rings (SSSR count). The van der Waals surface area contributed by atoms with Crippen molar-refractivity contribution in [2.75, 3.05) is 5.75 Å². The Labute approximate surface area is 127 Å². The van der Waals surface area contributed by atoms with Gasteiger partial charge in [-0.25, -0.2) is 0 Å². The average molecular weight is 298 g/mol. The van der Waals surface area contributed by atoms with Crippen molar-refractivity contribution in [3.8, 4) is 17.8 Å². The molecular weight excluding hydrogens is 284 g/mol. The standard InChI is InChI=1S/C14H14N6S/c1-11-4-6-13(7-5-11)20-14(17-18-19-20)21-10-12(9-16)3-2-8-15/h4-7,12H,2-3,10H2,1H3/t12-/m0/s1. The quantitative estimate of drug-likeness (QED) is 0.761. The number of nitriles is 2. The Morgan fingerprint density at radius 1 is 1.29 bits per heavy atom. The van der Waals surface area contributed by atoms with E-state index in [1.807, 2.05) is 31.2 Å². The zero-order valence-corrected chi connectivity index (χ0v) is 12.4. The van der Waals surface area contributed by atoms with Gasteiger partial charge in [-0.05, 0) is 35.9 Å². The molecule has 7 heteroatoms. The predicted molar refractivity (Wildman–Crippen MR) is 78.6 cm³/mol. The highest BCUT2D eigenvalue weighted by Gasteiger charge is 2.13. The van der Waals surface area contributed by atoms with E-state index in [0.29, 0.717) is 23.8 Å². The van der Waals surface area contributed by atoms with Gasteiger partial charge in [0.1, 0.15) is 0 Å². The number of tetrazole rings is 1. The number of hydrogen-bond donors (Lipinski definition) is 0. The zero-order chi connectivity index (χ0) is 15.1. The maximum absolute atomic E-state index is 9.07. The summed E-state index contributed by atoms with van der Waals surface area (Å²) in [5.41, 5.74) is 2.06. The van der Waals surface area contributed by atoms with Gasteiger partial charge in [-0.3, -0.25) is 0 Å². The number of aryl methyl sites for hydroxylation is 1. The molecule has 0 bridgehead atoms. The van der Waals surface area contributed by atoms with Crippen molar-refractivity contribution in [2.24, 2.45) is 5.92 Å². The van der Waals surface area contributed by atoms with Crippen molar-refractivity contribution in [1.82, 2.24) is 20.2 Å². The average Bonchev–Trinajstić information content (AvgIpc) is 2.97. The van der Waals surface area contributed by atoms with Gasteiger partial charge in [0.2, 0.25) is 5.16 Å². The summed E-state index contributed by atoms with van der Waals surface area (Å²) in [5.74, 6) is 0.405. The maximum Gasteiger partial charge on any atom is 0.214 e. The van der Waals surface area contributed by atoms with Crippen LogP contribution in [0.1, 0.15) is 18.4 Å². The van der Waals surface area contributed by atoms with Gasteiger partial charge >= 0.3 is 0 Å².